The Kier molecular flexibility index (Phi) is 5.91. The number of hydrazine groups is 1. The Morgan fingerprint density at radius 1 is 1.09 bits per heavy atom. The molecule has 1 aromatic carbocycles. The van der Waals surface area contributed by atoms with Crippen LogP contribution >= 0.6 is 50.7 Å². The van der Waals surface area contributed by atoms with Crippen LogP contribution in [0.5, 0.6) is 0 Å². The molecule has 3 N–H and O–H groups in total. The Labute approximate surface area is 153 Å². The average molecular weight is 494 g/mol. The highest BCUT2D eigenvalue weighted by Crippen LogP contribution is 2.13. The number of thiocarbonyl (C=S) groups is 1. The van der Waals surface area contributed by atoms with Gasteiger partial charge in [-0.2, -0.15) is 0 Å². The quantitative estimate of drug-likeness (QED) is 0.340. The highest BCUT2D eigenvalue weighted by atomic mass is 127. The maximum absolute atomic E-state index is 12.0. The van der Waals surface area contributed by atoms with Crippen LogP contribution in [0, 0.1) is 3.57 Å². The lowest BCUT2D eigenvalue weighted by atomic mass is 10.2. The summed E-state index contributed by atoms with van der Waals surface area (Å²) in [7, 11) is 0. The van der Waals surface area contributed by atoms with Crippen molar-refractivity contribution in [2.45, 2.75) is 0 Å². The van der Waals surface area contributed by atoms with Crippen molar-refractivity contribution >= 4 is 67.7 Å². The summed E-state index contributed by atoms with van der Waals surface area (Å²) < 4.78 is 6.32. The van der Waals surface area contributed by atoms with Crippen molar-refractivity contribution < 1.29 is 14.0 Å². The standard InChI is InChI=1S/C13H9BrIN3O3S/c14-10-6-5-9(21-10)12(20)16-13(22)18-17-11(19)7-3-1-2-4-8(7)15/h1-6H,(H,17,19)(H2,16,18,20,22). The number of amides is 2. The van der Waals surface area contributed by atoms with Gasteiger partial charge in [0, 0.05) is 3.57 Å². The first-order valence-corrected chi connectivity index (χ1v) is 8.17. The van der Waals surface area contributed by atoms with Crippen molar-refractivity contribution in [3.05, 3.63) is 56.0 Å². The fraction of sp³-hybridized carbons (Fsp3) is 0. The number of hydrogen-bond donors (Lipinski definition) is 3. The summed E-state index contributed by atoms with van der Waals surface area (Å²) in [6.07, 6.45) is 0. The number of hydrogen-bond acceptors (Lipinski definition) is 4. The van der Waals surface area contributed by atoms with Gasteiger partial charge in [0.15, 0.2) is 15.5 Å². The van der Waals surface area contributed by atoms with Crippen LogP contribution in [0.1, 0.15) is 20.9 Å². The first-order chi connectivity index (χ1) is 10.5. The first kappa shape index (κ1) is 16.9. The first-order valence-electron chi connectivity index (χ1n) is 5.89. The molecule has 2 amide bonds. The van der Waals surface area contributed by atoms with E-state index in [0.717, 1.165) is 3.57 Å². The summed E-state index contributed by atoms with van der Waals surface area (Å²) in [6, 6.07) is 10.2. The van der Waals surface area contributed by atoms with Crippen molar-refractivity contribution in [3.8, 4) is 0 Å². The van der Waals surface area contributed by atoms with Gasteiger partial charge in [-0.15, -0.1) is 0 Å². The van der Waals surface area contributed by atoms with E-state index in [9.17, 15) is 9.59 Å². The Balaban J connectivity index is 1.87. The normalized spacial score (nSPS) is 9.91. The Morgan fingerprint density at radius 2 is 1.82 bits per heavy atom. The second-order valence-electron chi connectivity index (χ2n) is 3.95. The summed E-state index contributed by atoms with van der Waals surface area (Å²) in [5, 5.41) is 2.34. The lowest BCUT2D eigenvalue weighted by molar-refractivity contribution is 0.0926. The minimum atomic E-state index is -0.522. The number of furan rings is 1. The molecule has 0 unspecified atom stereocenters. The Bertz CT molecular complexity index is 735. The van der Waals surface area contributed by atoms with Crippen molar-refractivity contribution in [3.63, 3.8) is 0 Å². The predicted molar refractivity (Wildman–Crippen MR) is 96.2 cm³/mol. The van der Waals surface area contributed by atoms with Gasteiger partial charge < -0.3 is 4.42 Å². The van der Waals surface area contributed by atoms with Crippen molar-refractivity contribution in [1.82, 2.24) is 16.2 Å². The minimum absolute atomic E-state index is 0.0446. The van der Waals surface area contributed by atoms with Gasteiger partial charge in [0.1, 0.15) is 0 Å². The SMILES string of the molecule is O=C(NC(=S)NNC(=O)c1ccccc1I)c1ccc(Br)o1. The second-order valence-corrected chi connectivity index (χ2v) is 6.30. The molecule has 0 bridgehead atoms. The maximum Gasteiger partial charge on any atom is 0.293 e. The number of halogens is 2. The van der Waals surface area contributed by atoms with Crippen LogP contribution in [0.4, 0.5) is 0 Å². The zero-order valence-electron chi connectivity index (χ0n) is 10.9. The van der Waals surface area contributed by atoms with Crippen LogP contribution in [0.15, 0.2) is 45.5 Å². The monoisotopic (exact) mass is 493 g/mol. The van der Waals surface area contributed by atoms with Gasteiger partial charge in [-0.25, -0.2) is 0 Å². The molecular weight excluding hydrogens is 485 g/mol. The third-order valence-electron chi connectivity index (χ3n) is 2.43. The fourth-order valence-corrected chi connectivity index (χ4v) is 2.54. The highest BCUT2D eigenvalue weighted by Gasteiger charge is 2.13. The molecule has 0 aliphatic heterocycles. The maximum atomic E-state index is 12.0. The van der Waals surface area contributed by atoms with Gasteiger partial charge in [-0.1, -0.05) is 12.1 Å². The fourth-order valence-electron chi connectivity index (χ4n) is 1.46. The third-order valence-corrected chi connectivity index (χ3v) is 4.00. The van der Waals surface area contributed by atoms with Gasteiger partial charge in [0.2, 0.25) is 0 Å². The molecule has 114 valence electrons. The molecule has 2 rings (SSSR count). The average Bonchev–Trinajstić information content (AvgIpc) is 2.92. The molecule has 6 nitrogen and oxygen atoms in total. The predicted octanol–water partition coefficient (Wildman–Crippen LogP) is 2.60. The molecule has 1 aromatic heterocycles. The molecule has 1 heterocycles. The number of carbonyl (C=O) groups is 2. The molecule has 0 saturated heterocycles. The molecule has 0 aliphatic carbocycles. The minimum Gasteiger partial charge on any atom is -0.444 e. The number of benzene rings is 1. The smallest absolute Gasteiger partial charge is 0.293 e. The van der Waals surface area contributed by atoms with Gasteiger partial charge in [0.25, 0.3) is 11.8 Å². The van der Waals surface area contributed by atoms with E-state index in [1.54, 1.807) is 18.2 Å². The van der Waals surface area contributed by atoms with Crippen molar-refractivity contribution in [2.75, 3.05) is 0 Å². The van der Waals surface area contributed by atoms with Crippen LogP contribution in [-0.2, 0) is 0 Å². The second kappa shape index (κ2) is 7.70. The van der Waals surface area contributed by atoms with Gasteiger partial charge in [-0.3, -0.25) is 25.8 Å². The van der Waals surface area contributed by atoms with Crippen LogP contribution < -0.4 is 16.2 Å². The summed E-state index contributed by atoms with van der Waals surface area (Å²) in [5.41, 5.74) is 5.37. The highest BCUT2D eigenvalue weighted by molar-refractivity contribution is 14.1. The lowest BCUT2D eigenvalue weighted by Crippen LogP contribution is -2.48. The van der Waals surface area contributed by atoms with Gasteiger partial charge >= 0.3 is 0 Å². The van der Waals surface area contributed by atoms with E-state index < -0.39 is 5.91 Å². The summed E-state index contributed by atoms with van der Waals surface area (Å²) in [6.45, 7) is 0. The molecule has 0 radical (unpaired) electrons. The molecule has 0 atom stereocenters. The molecule has 9 heteroatoms. The molecular formula is C13H9BrIN3O3S. The number of nitrogens with one attached hydrogen (secondary N) is 3. The largest absolute Gasteiger partial charge is 0.444 e. The molecule has 0 fully saturated rings. The van der Waals surface area contributed by atoms with Crippen LogP contribution in [0.2, 0.25) is 0 Å². The van der Waals surface area contributed by atoms with Crippen molar-refractivity contribution in [1.29, 1.82) is 0 Å². The molecule has 2 aromatic rings. The van der Waals surface area contributed by atoms with E-state index >= 15 is 0 Å². The van der Waals surface area contributed by atoms with E-state index in [1.165, 1.54) is 6.07 Å². The Hall–Kier alpha value is -1.46. The third kappa shape index (κ3) is 4.52. The zero-order valence-corrected chi connectivity index (χ0v) is 15.4. The topological polar surface area (TPSA) is 83.4 Å². The van der Waals surface area contributed by atoms with Crippen LogP contribution in [-0.4, -0.2) is 16.9 Å². The van der Waals surface area contributed by atoms with Crippen LogP contribution in [0.3, 0.4) is 0 Å². The number of carbonyl (C=O) groups excluding carboxylic acids is 2. The van der Waals surface area contributed by atoms with Gasteiger partial charge in [-0.05, 0) is 75.0 Å². The summed E-state index contributed by atoms with van der Waals surface area (Å²) >= 11 is 10.1. The van der Waals surface area contributed by atoms with Gasteiger partial charge in [0.05, 0.1) is 5.56 Å². The van der Waals surface area contributed by atoms with E-state index in [2.05, 4.69) is 54.7 Å². The zero-order chi connectivity index (χ0) is 16.1. The molecule has 0 saturated carbocycles. The molecule has 0 aliphatic rings. The molecule has 0 spiro atoms. The van der Waals surface area contributed by atoms with Crippen molar-refractivity contribution in [2.24, 2.45) is 0 Å². The van der Waals surface area contributed by atoms with E-state index in [4.69, 9.17) is 16.6 Å². The Morgan fingerprint density at radius 3 is 2.45 bits per heavy atom. The number of rotatable bonds is 2. The molecule has 22 heavy (non-hydrogen) atoms. The summed E-state index contributed by atoms with van der Waals surface area (Å²) in [4.78, 5) is 23.7. The van der Waals surface area contributed by atoms with Crippen LogP contribution in [0.25, 0.3) is 0 Å². The lowest BCUT2D eigenvalue weighted by Gasteiger charge is -2.10. The van der Waals surface area contributed by atoms with E-state index in [-0.39, 0.29) is 16.8 Å². The summed E-state index contributed by atoms with van der Waals surface area (Å²) in [5.74, 6) is -0.783. The van der Waals surface area contributed by atoms with E-state index in [0.29, 0.717) is 10.2 Å². The van der Waals surface area contributed by atoms with E-state index in [1.807, 2.05) is 12.1 Å².